The molecule has 268 valence electrons. The van der Waals surface area contributed by atoms with Crippen LogP contribution in [0.3, 0.4) is 0 Å². The lowest BCUT2D eigenvalue weighted by Gasteiger charge is -2.25. The highest BCUT2D eigenvalue weighted by molar-refractivity contribution is 8.10. The van der Waals surface area contributed by atoms with Crippen LogP contribution in [0.2, 0.25) is 20.1 Å². The lowest BCUT2D eigenvalue weighted by molar-refractivity contribution is 0.414. The standard InChI is InChI=1S/C32H24Cl4N2O9S4/c1-20-6-11-31(32(12-20)48(39,40)28-9-7-27(47-2)8-10-28)49(41,42)37-25-4-3-5-26(19-25)38(50(43,44)29-15-21(33)13-22(34)16-29)51(45,46)30-17-23(35)14-24(36)18-30/h3-19,37H,1-2H3. The first-order chi connectivity index (χ1) is 23.7. The number of aryl methyl sites for hydroxylation is 1. The van der Waals surface area contributed by atoms with E-state index in [9.17, 15) is 33.7 Å². The second-order valence-corrected chi connectivity index (χ2v) is 19.8. The Morgan fingerprint density at radius 3 is 1.57 bits per heavy atom. The summed E-state index contributed by atoms with van der Waals surface area (Å²) in [5.41, 5.74) is -0.446. The SMILES string of the molecule is COc1ccc(S(=O)(=O)c2cc(C)ccc2S(=O)(=O)Nc2cccc(N(S(=O)(=O)c3cc(Cl)cc(Cl)c3)S(=O)(=O)c3cc(Cl)cc(Cl)c3)c2)cc1. The van der Waals surface area contributed by atoms with Crippen molar-refractivity contribution in [2.24, 2.45) is 0 Å². The van der Waals surface area contributed by atoms with Gasteiger partial charge in [0.05, 0.1) is 38.1 Å². The topological polar surface area (TPSA) is 161 Å². The first-order valence-corrected chi connectivity index (χ1v) is 21.5. The van der Waals surface area contributed by atoms with Crippen LogP contribution in [0.5, 0.6) is 5.75 Å². The van der Waals surface area contributed by atoms with Gasteiger partial charge in [0.15, 0.2) is 0 Å². The van der Waals surface area contributed by atoms with E-state index in [1.165, 1.54) is 67.8 Å². The molecule has 5 aromatic rings. The smallest absolute Gasteiger partial charge is 0.277 e. The zero-order valence-electron chi connectivity index (χ0n) is 26.1. The molecule has 0 fully saturated rings. The van der Waals surface area contributed by atoms with Gasteiger partial charge in [-0.05, 0) is 103 Å². The minimum absolute atomic E-state index is 0.0488. The predicted molar refractivity (Wildman–Crippen MR) is 197 cm³/mol. The summed E-state index contributed by atoms with van der Waals surface area (Å²) in [4.78, 5) is -2.61. The largest absolute Gasteiger partial charge is 0.497 e. The fourth-order valence-electron chi connectivity index (χ4n) is 4.78. The Kier molecular flexibility index (Phi) is 11.0. The van der Waals surface area contributed by atoms with Gasteiger partial charge in [0.25, 0.3) is 30.1 Å². The molecule has 0 amide bonds. The van der Waals surface area contributed by atoms with Crippen molar-refractivity contribution in [3.05, 3.63) is 129 Å². The molecule has 0 aliphatic rings. The van der Waals surface area contributed by atoms with Gasteiger partial charge in [-0.25, -0.2) is 33.7 Å². The third-order valence-corrected chi connectivity index (χ3v) is 15.4. The van der Waals surface area contributed by atoms with E-state index in [0.717, 1.165) is 42.5 Å². The molecule has 5 rings (SSSR count). The van der Waals surface area contributed by atoms with Crippen LogP contribution in [0.25, 0.3) is 0 Å². The Balaban J connectivity index is 1.65. The number of nitrogens with one attached hydrogen (secondary N) is 1. The summed E-state index contributed by atoms with van der Waals surface area (Å²) >= 11 is 24.3. The van der Waals surface area contributed by atoms with Crippen molar-refractivity contribution in [2.75, 3.05) is 15.5 Å². The molecular weight excluding hydrogens is 826 g/mol. The summed E-state index contributed by atoms with van der Waals surface area (Å²) in [5.74, 6) is 0.377. The van der Waals surface area contributed by atoms with E-state index in [2.05, 4.69) is 4.72 Å². The summed E-state index contributed by atoms with van der Waals surface area (Å²) in [7, 11) is -17.9. The molecular formula is C32H24Cl4N2O9S4. The number of benzene rings is 5. The van der Waals surface area contributed by atoms with Gasteiger partial charge in [-0.15, -0.1) is 0 Å². The van der Waals surface area contributed by atoms with Gasteiger partial charge in [0.2, 0.25) is 9.84 Å². The molecule has 0 aliphatic carbocycles. The molecule has 11 nitrogen and oxygen atoms in total. The Morgan fingerprint density at radius 2 is 1.08 bits per heavy atom. The molecule has 0 atom stereocenters. The monoisotopic (exact) mass is 848 g/mol. The molecule has 19 heteroatoms. The van der Waals surface area contributed by atoms with Crippen LogP contribution in [0, 0.1) is 6.92 Å². The maximum Gasteiger partial charge on any atom is 0.277 e. The van der Waals surface area contributed by atoms with E-state index in [1.807, 2.05) is 0 Å². The van der Waals surface area contributed by atoms with Gasteiger partial charge in [0, 0.05) is 20.1 Å². The number of nitrogens with zero attached hydrogens (tertiary/aromatic N) is 1. The number of sulfone groups is 1. The lowest BCUT2D eigenvalue weighted by Crippen LogP contribution is -2.37. The maximum atomic E-state index is 14.2. The Morgan fingerprint density at radius 1 is 0.569 bits per heavy atom. The number of sulfonamides is 3. The van der Waals surface area contributed by atoms with Crippen LogP contribution in [-0.4, -0.2) is 40.8 Å². The fourth-order valence-corrected chi connectivity index (χ4v) is 13.1. The second kappa shape index (κ2) is 14.5. The minimum atomic E-state index is -5.08. The summed E-state index contributed by atoms with van der Waals surface area (Å²) in [6, 6.07) is 19.8. The van der Waals surface area contributed by atoms with Crippen LogP contribution >= 0.6 is 46.4 Å². The molecule has 0 bridgehead atoms. The quantitative estimate of drug-likeness (QED) is 0.140. The number of ether oxygens (including phenoxy) is 1. The third kappa shape index (κ3) is 8.10. The lowest BCUT2D eigenvalue weighted by atomic mass is 10.2. The average Bonchev–Trinajstić information content (AvgIpc) is 3.03. The average molecular weight is 851 g/mol. The van der Waals surface area contributed by atoms with Crippen LogP contribution in [-0.2, 0) is 39.9 Å². The zero-order valence-corrected chi connectivity index (χ0v) is 32.4. The molecule has 0 aromatic heterocycles. The van der Waals surface area contributed by atoms with E-state index < -0.39 is 65.2 Å². The first kappa shape index (κ1) is 38.7. The Bertz CT molecular complexity index is 2500. The molecule has 1 N–H and O–H groups in total. The van der Waals surface area contributed by atoms with Gasteiger partial charge >= 0.3 is 0 Å². The molecule has 5 aromatic carbocycles. The summed E-state index contributed by atoms with van der Waals surface area (Å²) in [5, 5.41) is -0.484. The molecule has 0 spiro atoms. The third-order valence-electron chi connectivity index (χ3n) is 7.06. The summed E-state index contributed by atoms with van der Waals surface area (Å²) in [6.45, 7) is 1.58. The van der Waals surface area contributed by atoms with E-state index in [1.54, 1.807) is 6.92 Å². The van der Waals surface area contributed by atoms with Crippen LogP contribution in [0.15, 0.2) is 128 Å². The van der Waals surface area contributed by atoms with Crippen molar-refractivity contribution < 1.29 is 38.4 Å². The number of halogens is 4. The van der Waals surface area contributed by atoms with Crippen molar-refractivity contribution in [3.8, 4) is 5.75 Å². The highest BCUT2D eigenvalue weighted by atomic mass is 35.5. The minimum Gasteiger partial charge on any atom is -0.497 e. The summed E-state index contributed by atoms with van der Waals surface area (Å²) < 4.78 is 119. The van der Waals surface area contributed by atoms with E-state index in [4.69, 9.17) is 51.1 Å². The normalized spacial score (nSPS) is 12.4. The highest BCUT2D eigenvalue weighted by Gasteiger charge is 2.38. The van der Waals surface area contributed by atoms with Gasteiger partial charge in [0.1, 0.15) is 10.6 Å². The number of methoxy groups -OCH3 is 1. The van der Waals surface area contributed by atoms with Crippen LogP contribution < -0.4 is 13.2 Å². The van der Waals surface area contributed by atoms with Gasteiger partial charge < -0.3 is 4.74 Å². The van der Waals surface area contributed by atoms with E-state index >= 15 is 0 Å². The summed E-state index contributed by atoms with van der Waals surface area (Å²) in [6.07, 6.45) is 0. The number of hydrogen-bond donors (Lipinski definition) is 1. The molecule has 0 aliphatic heterocycles. The van der Waals surface area contributed by atoms with E-state index in [0.29, 0.717) is 11.3 Å². The number of hydrogen-bond acceptors (Lipinski definition) is 9. The van der Waals surface area contributed by atoms with Gasteiger partial charge in [-0.3, -0.25) is 4.72 Å². The first-order valence-electron chi connectivity index (χ1n) is 14.1. The molecule has 0 saturated heterocycles. The second-order valence-electron chi connectivity index (χ2n) is 10.7. The van der Waals surface area contributed by atoms with Crippen LogP contribution in [0.4, 0.5) is 11.4 Å². The molecule has 0 saturated carbocycles. The molecule has 0 radical (unpaired) electrons. The maximum absolute atomic E-state index is 14.2. The fraction of sp³-hybridized carbons (Fsp3) is 0.0625. The van der Waals surface area contributed by atoms with Crippen molar-refractivity contribution in [1.29, 1.82) is 0 Å². The van der Waals surface area contributed by atoms with Crippen molar-refractivity contribution >= 4 is 97.7 Å². The van der Waals surface area contributed by atoms with Gasteiger partial charge in [-0.1, -0.05) is 58.5 Å². The molecule has 0 heterocycles. The number of anilines is 2. The Hall–Kier alpha value is -3.54. The van der Waals surface area contributed by atoms with Crippen molar-refractivity contribution in [2.45, 2.75) is 31.4 Å². The van der Waals surface area contributed by atoms with E-state index in [-0.39, 0.29) is 34.4 Å². The predicted octanol–water partition coefficient (Wildman–Crippen LogP) is 7.84. The molecule has 51 heavy (non-hydrogen) atoms. The van der Waals surface area contributed by atoms with Gasteiger partial charge in [-0.2, -0.15) is 3.71 Å². The van der Waals surface area contributed by atoms with Crippen molar-refractivity contribution in [3.63, 3.8) is 0 Å². The van der Waals surface area contributed by atoms with Crippen molar-refractivity contribution in [1.82, 2.24) is 0 Å². The highest BCUT2D eigenvalue weighted by Crippen LogP contribution is 2.37. The van der Waals surface area contributed by atoms with Crippen LogP contribution in [0.1, 0.15) is 5.56 Å². The number of rotatable bonds is 11. The zero-order chi connectivity index (χ0) is 37.5. The Labute approximate surface area is 315 Å². The molecule has 0 unspecified atom stereocenters.